The van der Waals surface area contributed by atoms with E-state index in [0.717, 1.165) is 4.78 Å². The van der Waals surface area contributed by atoms with Gasteiger partial charge < -0.3 is 9.31 Å². The summed E-state index contributed by atoms with van der Waals surface area (Å²) < 4.78 is 6.19. The number of benzene rings is 1. The van der Waals surface area contributed by atoms with Gasteiger partial charge in [-0.1, -0.05) is 23.4 Å². The lowest BCUT2D eigenvalue weighted by molar-refractivity contribution is -0.169. The number of nitrogens with zero attached hydrogens (tertiary/aromatic N) is 3. The van der Waals surface area contributed by atoms with Crippen molar-refractivity contribution in [2.24, 2.45) is 10.3 Å². The molecular formula is C12H9N3O4P-. The van der Waals surface area contributed by atoms with E-state index in [0.29, 0.717) is 11.0 Å². The van der Waals surface area contributed by atoms with Gasteiger partial charge in [-0.2, -0.15) is 5.11 Å². The van der Waals surface area contributed by atoms with E-state index >= 15 is 0 Å². The van der Waals surface area contributed by atoms with Crippen molar-refractivity contribution in [1.82, 2.24) is 4.78 Å². The zero-order chi connectivity index (χ0) is 14.3. The summed E-state index contributed by atoms with van der Waals surface area (Å²) in [4.78, 5) is 35.9. The first-order chi connectivity index (χ1) is 9.58. The third-order valence-corrected chi connectivity index (χ3v) is 4.33. The highest BCUT2D eigenvalue weighted by Gasteiger charge is 2.31. The lowest BCUT2D eigenvalue weighted by Gasteiger charge is -2.26. The largest absolute Gasteiger partial charge is 0.810 e. The third kappa shape index (κ3) is 2.01. The molecule has 1 aromatic carbocycles. The summed E-state index contributed by atoms with van der Waals surface area (Å²) in [5.74, 6) is -1.79. The summed E-state index contributed by atoms with van der Waals surface area (Å²) in [7, 11) is -0.632. The Morgan fingerprint density at radius 3 is 2.90 bits per heavy atom. The van der Waals surface area contributed by atoms with E-state index in [1.54, 1.807) is 24.3 Å². The summed E-state index contributed by atoms with van der Waals surface area (Å²) >= 11 is 0. The molecular weight excluding hydrogens is 281 g/mol. The smallest absolute Gasteiger partial charge is 0.347 e. The molecule has 0 fully saturated rings. The lowest BCUT2D eigenvalue weighted by Crippen LogP contribution is -2.27. The number of hydrogen-bond acceptors (Lipinski definition) is 7. The first kappa shape index (κ1) is 12.9. The van der Waals surface area contributed by atoms with Gasteiger partial charge in [0.25, 0.3) is 0 Å². The molecule has 0 aliphatic carbocycles. The van der Waals surface area contributed by atoms with Gasteiger partial charge in [0.15, 0.2) is 5.78 Å². The van der Waals surface area contributed by atoms with Gasteiger partial charge in [-0.15, -0.1) is 0 Å². The molecule has 2 atom stereocenters. The molecule has 3 rings (SSSR count). The molecule has 0 N–H and O–H groups in total. The van der Waals surface area contributed by atoms with Gasteiger partial charge in [0.1, 0.15) is 11.1 Å². The molecule has 1 aliphatic rings. The van der Waals surface area contributed by atoms with Gasteiger partial charge in [-0.3, -0.25) is 9.57 Å². The standard InChI is InChI=1S/C12H9N3O4P/c1-15-14-13-11(20(15)18)10(16)8-6-7-4-2-3-5-9(7)19-12(8)17/h2-6,11H,1H3/q-1. The number of hydrogen-bond donors (Lipinski definition) is 0. The number of carbonyl (C=O) groups is 1. The maximum atomic E-state index is 12.2. The van der Waals surface area contributed by atoms with Crippen molar-refractivity contribution in [1.29, 1.82) is 0 Å². The molecule has 0 spiro atoms. The summed E-state index contributed by atoms with van der Waals surface area (Å²) in [5.41, 5.74) is -0.531. The summed E-state index contributed by atoms with van der Waals surface area (Å²) in [5, 5.41) is 7.81. The Morgan fingerprint density at radius 1 is 1.45 bits per heavy atom. The van der Waals surface area contributed by atoms with E-state index in [1.165, 1.54) is 13.1 Å². The number of para-hydroxylation sites is 1. The molecule has 7 nitrogen and oxygen atoms in total. The minimum absolute atomic E-state index is 0.161. The summed E-state index contributed by atoms with van der Waals surface area (Å²) in [6.07, 6.45) is 0. The molecule has 0 radical (unpaired) electrons. The first-order valence-corrected chi connectivity index (χ1v) is 7.04. The fraction of sp³-hybridized carbons (Fsp3) is 0.167. The maximum absolute atomic E-state index is 12.2. The topological polar surface area (TPSA) is 98.3 Å². The van der Waals surface area contributed by atoms with Crippen LogP contribution in [0.25, 0.3) is 11.0 Å². The average molecular weight is 290 g/mol. The molecule has 0 saturated heterocycles. The molecule has 8 heteroatoms. The molecule has 0 saturated carbocycles. The Hall–Kier alpha value is -2.11. The number of Topliss-reactive ketones (excluding diaryl/α,β-unsaturated/α-hetero) is 1. The van der Waals surface area contributed by atoms with E-state index < -0.39 is 25.5 Å². The molecule has 2 heterocycles. The molecule has 2 aromatic rings. The van der Waals surface area contributed by atoms with Crippen LogP contribution in [-0.4, -0.2) is 23.4 Å². The Balaban J connectivity index is 2.06. The van der Waals surface area contributed by atoms with E-state index in [4.69, 9.17) is 4.42 Å². The van der Waals surface area contributed by atoms with Crippen molar-refractivity contribution < 1.29 is 14.1 Å². The van der Waals surface area contributed by atoms with Crippen molar-refractivity contribution in [2.75, 3.05) is 7.05 Å². The second-order valence-electron chi connectivity index (χ2n) is 4.22. The minimum Gasteiger partial charge on any atom is -0.810 e. The van der Waals surface area contributed by atoms with Crippen LogP contribution >= 0.6 is 8.30 Å². The van der Waals surface area contributed by atoms with Crippen LogP contribution in [0.4, 0.5) is 0 Å². The van der Waals surface area contributed by atoms with Crippen LogP contribution in [0, 0.1) is 0 Å². The normalized spacial score (nSPS) is 21.6. The van der Waals surface area contributed by atoms with Crippen LogP contribution in [0.1, 0.15) is 10.4 Å². The summed E-state index contributed by atoms with van der Waals surface area (Å²) in [6.45, 7) is 0. The second-order valence-corrected chi connectivity index (χ2v) is 5.89. The Kier molecular flexibility index (Phi) is 3.08. The predicted molar refractivity (Wildman–Crippen MR) is 70.1 cm³/mol. The average Bonchev–Trinajstić information content (AvgIpc) is 2.77. The first-order valence-electron chi connectivity index (χ1n) is 5.76. The van der Waals surface area contributed by atoms with Gasteiger partial charge in [0.2, 0.25) is 5.78 Å². The van der Waals surface area contributed by atoms with Crippen molar-refractivity contribution in [3.05, 3.63) is 46.3 Å². The fourth-order valence-electron chi connectivity index (χ4n) is 1.89. The van der Waals surface area contributed by atoms with Crippen molar-refractivity contribution >= 4 is 25.1 Å². The molecule has 102 valence electrons. The minimum atomic E-state index is -2.09. The molecule has 1 aromatic heterocycles. The zero-order valence-corrected chi connectivity index (χ0v) is 11.3. The predicted octanol–water partition coefficient (Wildman–Crippen LogP) is 1.29. The van der Waals surface area contributed by atoms with Gasteiger partial charge in [0.05, 0.1) is 0 Å². The number of carbonyl (C=O) groups excluding carboxylic acids is 1. The molecule has 0 amide bonds. The van der Waals surface area contributed by atoms with Crippen LogP contribution in [0.3, 0.4) is 0 Å². The van der Waals surface area contributed by atoms with E-state index in [-0.39, 0.29) is 5.56 Å². The quantitative estimate of drug-likeness (QED) is 0.471. The van der Waals surface area contributed by atoms with E-state index in [1.807, 2.05) is 0 Å². The third-order valence-electron chi connectivity index (χ3n) is 2.93. The van der Waals surface area contributed by atoms with E-state index in [2.05, 4.69) is 10.3 Å². The zero-order valence-electron chi connectivity index (χ0n) is 10.4. The molecule has 0 bridgehead atoms. The van der Waals surface area contributed by atoms with Gasteiger partial charge in [-0.05, 0) is 20.4 Å². The van der Waals surface area contributed by atoms with Gasteiger partial charge in [-0.25, -0.2) is 4.79 Å². The fourth-order valence-corrected chi connectivity index (χ4v) is 2.81. The van der Waals surface area contributed by atoms with Gasteiger partial charge >= 0.3 is 5.63 Å². The molecule has 1 aliphatic heterocycles. The Morgan fingerprint density at radius 2 is 2.20 bits per heavy atom. The number of rotatable bonds is 2. The SMILES string of the molecule is CN1N=NC(C(=O)c2cc3ccccc3oc2=O)P1[O-]. The van der Waals surface area contributed by atoms with E-state index in [9.17, 15) is 14.5 Å². The molecule has 20 heavy (non-hydrogen) atoms. The van der Waals surface area contributed by atoms with Crippen LogP contribution < -0.4 is 10.5 Å². The lowest BCUT2D eigenvalue weighted by atomic mass is 10.1. The molecule has 2 unspecified atom stereocenters. The van der Waals surface area contributed by atoms with Crippen LogP contribution in [0.2, 0.25) is 0 Å². The maximum Gasteiger partial charge on any atom is 0.347 e. The second kappa shape index (κ2) is 4.77. The highest BCUT2D eigenvalue weighted by molar-refractivity contribution is 7.49. The van der Waals surface area contributed by atoms with Crippen LogP contribution in [-0.2, 0) is 0 Å². The van der Waals surface area contributed by atoms with Crippen molar-refractivity contribution in [3.63, 3.8) is 0 Å². The van der Waals surface area contributed by atoms with Crippen molar-refractivity contribution in [3.8, 4) is 0 Å². The number of ketones is 1. The van der Waals surface area contributed by atoms with Gasteiger partial charge in [0, 0.05) is 12.4 Å². The highest BCUT2D eigenvalue weighted by atomic mass is 31.2. The Bertz CT molecular complexity index is 773. The highest BCUT2D eigenvalue weighted by Crippen LogP contribution is 2.43. The van der Waals surface area contributed by atoms with Crippen LogP contribution in [0.15, 0.2) is 49.9 Å². The monoisotopic (exact) mass is 290 g/mol. The van der Waals surface area contributed by atoms with Crippen LogP contribution in [0.5, 0.6) is 0 Å². The summed E-state index contributed by atoms with van der Waals surface area (Å²) in [6, 6.07) is 8.27. The number of fused-ring (bicyclic) bond motifs is 1. The Labute approximate surface area is 114 Å². The van der Waals surface area contributed by atoms with Crippen molar-refractivity contribution in [2.45, 2.75) is 5.78 Å².